The molecule has 3 aromatic carbocycles. The van der Waals surface area contributed by atoms with Crippen molar-refractivity contribution in [3.8, 4) is 22.9 Å². The summed E-state index contributed by atoms with van der Waals surface area (Å²) in [6.45, 7) is 3.90. The molecule has 5 rings (SSSR count). The number of nitrogens with zero attached hydrogens (tertiary/aromatic N) is 1. The predicted octanol–water partition coefficient (Wildman–Crippen LogP) is 6.34. The van der Waals surface area contributed by atoms with Gasteiger partial charge in [0.25, 0.3) is 0 Å². The van der Waals surface area contributed by atoms with E-state index >= 15 is 0 Å². The van der Waals surface area contributed by atoms with Crippen LogP contribution in [0.3, 0.4) is 0 Å². The van der Waals surface area contributed by atoms with Crippen LogP contribution in [0.15, 0.2) is 54.6 Å². The van der Waals surface area contributed by atoms with Gasteiger partial charge in [0.15, 0.2) is 5.75 Å². The Hall–Kier alpha value is -4.40. The van der Waals surface area contributed by atoms with Crippen molar-refractivity contribution >= 4 is 34.5 Å². The monoisotopic (exact) mass is 476 g/mol. The number of benzene rings is 3. The molecule has 0 aliphatic carbocycles. The minimum absolute atomic E-state index is 0.0226. The number of hydrogen-bond acceptors (Lipinski definition) is 4. The fraction of sp³-hybridized carbons (Fsp3) is 0.154. The number of methoxy groups -OCH3 is 1. The largest absolute Gasteiger partial charge is 0.494 e. The summed E-state index contributed by atoms with van der Waals surface area (Å²) in [5, 5.41) is 5.55. The van der Waals surface area contributed by atoms with Crippen molar-refractivity contribution in [1.82, 2.24) is 9.97 Å². The molecule has 0 saturated carbocycles. The van der Waals surface area contributed by atoms with Crippen LogP contribution in [0, 0.1) is 11.6 Å². The lowest BCUT2D eigenvalue weighted by molar-refractivity contribution is 0.158. The van der Waals surface area contributed by atoms with Crippen LogP contribution in [-0.2, 0) is 0 Å². The number of carbonyl (C=O) groups is 1. The molecule has 0 spiro atoms. The van der Waals surface area contributed by atoms with Crippen LogP contribution in [0.1, 0.15) is 19.4 Å². The van der Waals surface area contributed by atoms with Crippen molar-refractivity contribution in [1.29, 1.82) is 0 Å². The number of urea groups is 1. The van der Waals surface area contributed by atoms with Gasteiger partial charge in [-0.3, -0.25) is 0 Å². The summed E-state index contributed by atoms with van der Waals surface area (Å²) in [5.74, 6) is 0.178. The first kappa shape index (κ1) is 22.4. The molecule has 1 aliphatic rings. The number of anilines is 2. The van der Waals surface area contributed by atoms with Gasteiger partial charge in [-0.05, 0) is 74.5 Å². The van der Waals surface area contributed by atoms with Crippen LogP contribution < -0.4 is 20.1 Å². The smallest absolute Gasteiger partial charge is 0.323 e. The molecule has 0 saturated heterocycles. The number of imidazole rings is 1. The zero-order valence-corrected chi connectivity index (χ0v) is 19.2. The number of H-pyrrole nitrogens is 1. The molecule has 1 aliphatic heterocycles. The molecule has 2 amide bonds. The average Bonchev–Trinajstić information content (AvgIpc) is 3.23. The molecule has 0 bridgehead atoms. The molecule has 35 heavy (non-hydrogen) atoms. The summed E-state index contributed by atoms with van der Waals surface area (Å²) in [4.78, 5) is 20.0. The van der Waals surface area contributed by atoms with E-state index in [1.165, 1.54) is 7.11 Å². The highest BCUT2D eigenvalue weighted by Crippen LogP contribution is 2.41. The van der Waals surface area contributed by atoms with Gasteiger partial charge in [-0.25, -0.2) is 18.6 Å². The number of amides is 2. The third-order valence-corrected chi connectivity index (χ3v) is 5.56. The number of aromatic amines is 1. The van der Waals surface area contributed by atoms with Gasteiger partial charge in [0.1, 0.15) is 28.8 Å². The minimum Gasteiger partial charge on any atom is -0.494 e. The van der Waals surface area contributed by atoms with E-state index < -0.39 is 23.3 Å². The molecule has 4 aromatic rings. The quantitative estimate of drug-likeness (QED) is 0.321. The molecule has 1 aromatic heterocycles. The first-order valence-electron chi connectivity index (χ1n) is 10.8. The Morgan fingerprint density at radius 3 is 2.71 bits per heavy atom. The highest BCUT2D eigenvalue weighted by Gasteiger charge is 2.25. The number of nitrogens with one attached hydrogen (secondary N) is 3. The van der Waals surface area contributed by atoms with Gasteiger partial charge in [0.05, 0.1) is 35.0 Å². The van der Waals surface area contributed by atoms with Gasteiger partial charge < -0.3 is 25.1 Å². The lowest BCUT2D eigenvalue weighted by atomic mass is 10.0. The minimum atomic E-state index is -0.592. The summed E-state index contributed by atoms with van der Waals surface area (Å²) >= 11 is 0. The first-order valence-corrected chi connectivity index (χ1v) is 10.8. The van der Waals surface area contributed by atoms with Crippen molar-refractivity contribution in [2.24, 2.45) is 0 Å². The number of fused-ring (bicyclic) bond motifs is 2. The molecule has 178 valence electrons. The second-order valence-corrected chi connectivity index (χ2v) is 8.62. The Bertz CT molecular complexity index is 1490. The molecular formula is C26H22F2N4O3. The Kier molecular flexibility index (Phi) is 5.39. The maximum Gasteiger partial charge on any atom is 0.323 e. The zero-order valence-electron chi connectivity index (χ0n) is 19.2. The SMILES string of the molecule is COc1c(NC(=O)Nc2ccc3nc(-c4cc(F)ccc4F)[nH]c3c2)ccc2c1C=CC(C)(C)O2. The van der Waals surface area contributed by atoms with Crippen molar-refractivity contribution in [2.75, 3.05) is 17.7 Å². The van der Waals surface area contributed by atoms with Crippen molar-refractivity contribution in [3.05, 3.63) is 71.8 Å². The molecule has 3 N–H and O–H groups in total. The maximum absolute atomic E-state index is 14.1. The van der Waals surface area contributed by atoms with Gasteiger partial charge in [0, 0.05) is 5.69 Å². The van der Waals surface area contributed by atoms with E-state index in [1.807, 2.05) is 26.0 Å². The van der Waals surface area contributed by atoms with E-state index in [0.29, 0.717) is 33.9 Å². The molecule has 0 radical (unpaired) electrons. The lowest BCUT2D eigenvalue weighted by Crippen LogP contribution is -2.27. The summed E-state index contributed by atoms with van der Waals surface area (Å²) < 4.78 is 39.2. The Morgan fingerprint density at radius 2 is 1.91 bits per heavy atom. The Balaban J connectivity index is 1.36. The van der Waals surface area contributed by atoms with Gasteiger partial charge in [-0.2, -0.15) is 0 Å². The number of halogens is 2. The summed E-state index contributed by atoms with van der Waals surface area (Å²) in [6.07, 6.45) is 3.83. The first-order chi connectivity index (χ1) is 16.7. The number of aromatic nitrogens is 2. The number of carbonyl (C=O) groups excluding carboxylic acids is 1. The van der Waals surface area contributed by atoms with Crippen LogP contribution in [0.25, 0.3) is 28.5 Å². The molecule has 0 unspecified atom stereocenters. The van der Waals surface area contributed by atoms with Crippen LogP contribution in [0.2, 0.25) is 0 Å². The second-order valence-electron chi connectivity index (χ2n) is 8.62. The van der Waals surface area contributed by atoms with E-state index in [4.69, 9.17) is 9.47 Å². The summed E-state index contributed by atoms with van der Waals surface area (Å²) in [6, 6.07) is 11.2. The van der Waals surface area contributed by atoms with Crippen LogP contribution in [-0.4, -0.2) is 28.7 Å². The van der Waals surface area contributed by atoms with Crippen LogP contribution >= 0.6 is 0 Å². The van der Waals surface area contributed by atoms with Gasteiger partial charge >= 0.3 is 6.03 Å². The highest BCUT2D eigenvalue weighted by atomic mass is 19.1. The highest BCUT2D eigenvalue weighted by molar-refractivity contribution is 6.02. The number of rotatable bonds is 4. The van der Waals surface area contributed by atoms with E-state index in [-0.39, 0.29) is 11.4 Å². The number of hydrogen-bond donors (Lipinski definition) is 3. The Labute approximate surface area is 199 Å². The topological polar surface area (TPSA) is 88.3 Å². The fourth-order valence-corrected chi connectivity index (χ4v) is 3.93. The molecule has 0 atom stereocenters. The van der Waals surface area contributed by atoms with E-state index in [2.05, 4.69) is 20.6 Å². The van der Waals surface area contributed by atoms with E-state index in [1.54, 1.807) is 30.3 Å². The Morgan fingerprint density at radius 1 is 1.09 bits per heavy atom. The van der Waals surface area contributed by atoms with E-state index in [9.17, 15) is 13.6 Å². The normalized spacial score (nSPS) is 13.7. The molecule has 7 nitrogen and oxygen atoms in total. The predicted molar refractivity (Wildman–Crippen MR) is 131 cm³/mol. The maximum atomic E-state index is 14.1. The summed E-state index contributed by atoms with van der Waals surface area (Å²) in [7, 11) is 1.53. The van der Waals surface area contributed by atoms with Gasteiger partial charge in [0.2, 0.25) is 0 Å². The third kappa shape index (κ3) is 4.40. The standard InChI is InChI=1S/C26H22F2N4O3/c1-26(2)11-10-16-22(35-26)9-8-20(23(16)34-3)32-25(33)29-15-5-7-19-21(13-15)31-24(30-19)17-12-14(27)4-6-18(17)28/h4-13H,1-3H3,(H,30,31)(H2,29,32,33). The number of ether oxygens (including phenoxy) is 2. The van der Waals surface area contributed by atoms with Gasteiger partial charge in [-0.15, -0.1) is 0 Å². The van der Waals surface area contributed by atoms with Crippen LogP contribution in [0.5, 0.6) is 11.5 Å². The van der Waals surface area contributed by atoms with E-state index in [0.717, 1.165) is 23.8 Å². The van der Waals surface area contributed by atoms with Crippen LogP contribution in [0.4, 0.5) is 25.0 Å². The fourth-order valence-electron chi connectivity index (χ4n) is 3.93. The van der Waals surface area contributed by atoms with Crippen molar-refractivity contribution in [2.45, 2.75) is 19.4 Å². The third-order valence-electron chi connectivity index (χ3n) is 5.56. The average molecular weight is 476 g/mol. The second kappa shape index (κ2) is 8.43. The zero-order chi connectivity index (χ0) is 24.7. The molecular weight excluding hydrogens is 454 g/mol. The molecule has 0 fully saturated rings. The lowest BCUT2D eigenvalue weighted by Gasteiger charge is -2.29. The summed E-state index contributed by atoms with van der Waals surface area (Å²) in [5.41, 5.74) is 2.37. The molecule has 2 heterocycles. The molecule has 9 heteroatoms. The van der Waals surface area contributed by atoms with Crippen molar-refractivity contribution in [3.63, 3.8) is 0 Å². The van der Waals surface area contributed by atoms with Gasteiger partial charge in [-0.1, -0.05) is 0 Å². The van der Waals surface area contributed by atoms with Crippen molar-refractivity contribution < 1.29 is 23.0 Å².